The Hall–Kier alpha value is -2.67. The van der Waals surface area contributed by atoms with E-state index in [9.17, 15) is 9.59 Å². The molecule has 0 aliphatic carbocycles. The summed E-state index contributed by atoms with van der Waals surface area (Å²) < 4.78 is 16.1. The highest BCUT2D eigenvalue weighted by molar-refractivity contribution is 8.00. The highest BCUT2D eigenvalue weighted by Crippen LogP contribution is 2.30. The molecule has 2 aromatic carbocycles. The smallest absolute Gasteiger partial charge is 0.319 e. The van der Waals surface area contributed by atoms with Crippen LogP contribution in [-0.2, 0) is 20.7 Å². The zero-order chi connectivity index (χ0) is 19.8. The second kappa shape index (κ2) is 10.0. The number of carbonyl (C=O) groups excluding carboxylic acids is 2. The number of thioether (sulfide) groups is 1. The molecule has 6 nitrogen and oxygen atoms in total. The Morgan fingerprint density at radius 3 is 2.64 bits per heavy atom. The fraction of sp³-hybridized carbons (Fsp3) is 0.333. The van der Waals surface area contributed by atoms with Gasteiger partial charge >= 0.3 is 5.97 Å². The molecule has 0 aromatic heterocycles. The van der Waals surface area contributed by atoms with Gasteiger partial charge in [-0.3, -0.25) is 9.59 Å². The maximum Gasteiger partial charge on any atom is 0.319 e. The van der Waals surface area contributed by atoms with E-state index in [0.717, 1.165) is 22.0 Å². The minimum absolute atomic E-state index is 0.278. The van der Waals surface area contributed by atoms with Crippen molar-refractivity contribution in [3.8, 4) is 11.5 Å². The summed E-state index contributed by atoms with van der Waals surface area (Å²) in [5.74, 6) is 0.751. The van der Waals surface area contributed by atoms with Crippen molar-refractivity contribution in [1.29, 1.82) is 0 Å². The van der Waals surface area contributed by atoms with Gasteiger partial charge in [-0.15, -0.1) is 11.8 Å². The molecule has 1 atom stereocenters. The lowest BCUT2D eigenvalue weighted by Gasteiger charge is -2.18. The number of hydrogen-bond donors (Lipinski definition) is 1. The largest absolute Gasteiger partial charge is 0.486 e. The first kappa shape index (κ1) is 20.1. The summed E-state index contributed by atoms with van der Waals surface area (Å²) in [4.78, 5) is 24.9. The molecule has 1 N–H and O–H groups in total. The van der Waals surface area contributed by atoms with Crippen LogP contribution in [0.3, 0.4) is 0 Å². The van der Waals surface area contributed by atoms with Gasteiger partial charge in [-0.1, -0.05) is 24.3 Å². The lowest BCUT2D eigenvalue weighted by Crippen LogP contribution is -2.31. The molecular weight excluding hydrogens is 378 g/mol. The van der Waals surface area contributed by atoms with Crippen LogP contribution in [0.25, 0.3) is 0 Å². The summed E-state index contributed by atoms with van der Waals surface area (Å²) in [7, 11) is 0. The molecule has 0 fully saturated rings. The molecular formula is C21H23NO5S. The molecule has 1 heterocycles. The summed E-state index contributed by atoms with van der Waals surface area (Å²) >= 11 is 1.40. The Morgan fingerprint density at radius 2 is 1.86 bits per heavy atom. The van der Waals surface area contributed by atoms with Gasteiger partial charge in [0.25, 0.3) is 5.91 Å². The van der Waals surface area contributed by atoms with Gasteiger partial charge in [0.15, 0.2) is 18.1 Å². The van der Waals surface area contributed by atoms with Crippen LogP contribution in [0, 0.1) is 0 Å². The Morgan fingerprint density at radius 1 is 1.11 bits per heavy atom. The van der Waals surface area contributed by atoms with Gasteiger partial charge in [0.05, 0.1) is 0 Å². The summed E-state index contributed by atoms with van der Waals surface area (Å²) in [6.07, 6.45) is 0.649. The lowest BCUT2D eigenvalue weighted by atomic mass is 10.1. The van der Waals surface area contributed by atoms with E-state index in [0.29, 0.717) is 26.2 Å². The molecule has 1 amide bonds. The Bertz CT molecular complexity index is 812. The zero-order valence-electron chi connectivity index (χ0n) is 15.7. The Balaban J connectivity index is 1.35. The Kier molecular flexibility index (Phi) is 7.19. The second-order valence-electron chi connectivity index (χ2n) is 6.26. The molecule has 0 bridgehead atoms. The molecule has 0 saturated heterocycles. The Labute approximate surface area is 168 Å². The van der Waals surface area contributed by atoms with Crippen LogP contribution < -0.4 is 14.8 Å². The maximum absolute atomic E-state index is 12.0. The quantitative estimate of drug-likeness (QED) is 0.542. The molecule has 1 aliphatic heterocycles. The number of amides is 1. The average Bonchev–Trinajstić information content (AvgIpc) is 2.72. The first-order valence-corrected chi connectivity index (χ1v) is 10.0. The summed E-state index contributed by atoms with van der Waals surface area (Å²) in [5, 5.41) is 2.38. The fourth-order valence-electron chi connectivity index (χ4n) is 2.65. The first-order chi connectivity index (χ1) is 13.6. The van der Waals surface area contributed by atoms with Crippen molar-refractivity contribution >= 4 is 23.6 Å². The van der Waals surface area contributed by atoms with E-state index >= 15 is 0 Å². The number of benzene rings is 2. The van der Waals surface area contributed by atoms with Gasteiger partial charge < -0.3 is 19.5 Å². The van der Waals surface area contributed by atoms with Gasteiger partial charge in [-0.05, 0) is 43.2 Å². The number of hydrogen-bond acceptors (Lipinski definition) is 6. The summed E-state index contributed by atoms with van der Waals surface area (Å²) in [6.45, 7) is 3.03. The van der Waals surface area contributed by atoms with Crippen molar-refractivity contribution < 1.29 is 23.8 Å². The van der Waals surface area contributed by atoms with Crippen molar-refractivity contribution in [2.45, 2.75) is 23.5 Å². The van der Waals surface area contributed by atoms with E-state index in [1.165, 1.54) is 11.8 Å². The molecule has 28 heavy (non-hydrogen) atoms. The predicted molar refractivity (Wildman–Crippen MR) is 107 cm³/mol. The molecule has 0 radical (unpaired) electrons. The van der Waals surface area contributed by atoms with E-state index in [2.05, 4.69) is 5.32 Å². The highest BCUT2D eigenvalue weighted by Gasteiger charge is 2.17. The number of fused-ring (bicyclic) bond motifs is 1. The molecule has 2 aromatic rings. The minimum atomic E-state index is -0.407. The highest BCUT2D eigenvalue weighted by atomic mass is 32.2. The number of ether oxygens (including phenoxy) is 3. The topological polar surface area (TPSA) is 73.9 Å². The fourth-order valence-corrected chi connectivity index (χ4v) is 3.53. The molecule has 0 saturated carbocycles. The van der Waals surface area contributed by atoms with E-state index in [4.69, 9.17) is 14.2 Å². The third-order valence-electron chi connectivity index (χ3n) is 4.08. The van der Waals surface area contributed by atoms with Crippen molar-refractivity contribution in [3.05, 3.63) is 54.1 Å². The second-order valence-corrected chi connectivity index (χ2v) is 7.67. The van der Waals surface area contributed by atoms with Gasteiger partial charge in [0.1, 0.15) is 18.5 Å². The van der Waals surface area contributed by atoms with Crippen LogP contribution in [0.2, 0.25) is 0 Å². The lowest BCUT2D eigenvalue weighted by molar-refractivity contribution is -0.147. The van der Waals surface area contributed by atoms with Crippen LogP contribution >= 0.6 is 11.8 Å². The number of nitrogens with one attached hydrogen (secondary N) is 1. The van der Waals surface area contributed by atoms with E-state index in [1.807, 2.05) is 48.5 Å². The number of carbonyl (C=O) groups is 2. The van der Waals surface area contributed by atoms with Crippen molar-refractivity contribution in [3.63, 3.8) is 0 Å². The third kappa shape index (κ3) is 5.92. The van der Waals surface area contributed by atoms with Crippen LogP contribution in [0.4, 0.5) is 0 Å². The van der Waals surface area contributed by atoms with Crippen molar-refractivity contribution in [1.82, 2.24) is 5.32 Å². The SMILES string of the molecule is CC(Sc1ccccc1)C(=O)OCC(=O)NCCc1ccc2c(c1)OCCO2. The predicted octanol–water partition coefficient (Wildman–Crippen LogP) is 2.84. The molecule has 7 heteroatoms. The van der Waals surface area contributed by atoms with Gasteiger partial charge in [0.2, 0.25) is 0 Å². The van der Waals surface area contributed by atoms with Crippen LogP contribution in [0.15, 0.2) is 53.4 Å². The normalized spacial score (nSPS) is 13.5. The minimum Gasteiger partial charge on any atom is -0.486 e. The summed E-state index contributed by atoms with van der Waals surface area (Å²) in [5.41, 5.74) is 1.04. The average molecular weight is 401 g/mol. The number of rotatable bonds is 8. The molecule has 1 unspecified atom stereocenters. The maximum atomic E-state index is 12.0. The number of esters is 1. The van der Waals surface area contributed by atoms with Crippen LogP contribution in [0.1, 0.15) is 12.5 Å². The monoisotopic (exact) mass is 401 g/mol. The first-order valence-electron chi connectivity index (χ1n) is 9.15. The van der Waals surface area contributed by atoms with Gasteiger partial charge in [-0.2, -0.15) is 0 Å². The van der Waals surface area contributed by atoms with E-state index in [-0.39, 0.29) is 17.8 Å². The van der Waals surface area contributed by atoms with Crippen LogP contribution in [-0.4, -0.2) is 43.5 Å². The zero-order valence-corrected chi connectivity index (χ0v) is 16.5. The molecule has 1 aliphatic rings. The third-order valence-corrected chi connectivity index (χ3v) is 5.17. The molecule has 148 valence electrons. The molecule has 3 rings (SSSR count). The molecule has 0 spiro atoms. The van der Waals surface area contributed by atoms with Crippen LogP contribution in [0.5, 0.6) is 11.5 Å². The van der Waals surface area contributed by atoms with Crippen molar-refractivity contribution in [2.75, 3.05) is 26.4 Å². The standard InChI is InChI=1S/C21H23NO5S/c1-15(28-17-5-3-2-4-6-17)21(24)27-14-20(23)22-10-9-16-7-8-18-19(13-16)26-12-11-25-18/h2-8,13,15H,9-12,14H2,1H3,(H,22,23). The van der Waals surface area contributed by atoms with Crippen molar-refractivity contribution in [2.24, 2.45) is 0 Å². The van der Waals surface area contributed by atoms with E-state index < -0.39 is 5.97 Å². The van der Waals surface area contributed by atoms with Gasteiger partial charge in [0, 0.05) is 11.4 Å². The summed E-state index contributed by atoms with van der Waals surface area (Å²) in [6, 6.07) is 15.3. The van der Waals surface area contributed by atoms with E-state index in [1.54, 1.807) is 6.92 Å². The van der Waals surface area contributed by atoms with Gasteiger partial charge in [-0.25, -0.2) is 0 Å².